The highest BCUT2D eigenvalue weighted by molar-refractivity contribution is 14.2. The summed E-state index contributed by atoms with van der Waals surface area (Å²) in [6.07, 6.45) is -0.852. The number of hydrogen-bond acceptors (Lipinski definition) is 4. The first-order valence-corrected chi connectivity index (χ1v) is 8.18. The van der Waals surface area contributed by atoms with E-state index in [1.165, 1.54) is 6.07 Å². The van der Waals surface area contributed by atoms with Crippen LogP contribution >= 0.6 is 19.8 Å². The van der Waals surface area contributed by atoms with E-state index >= 15 is 0 Å². The zero-order chi connectivity index (χ0) is 14.7. The fourth-order valence-corrected chi connectivity index (χ4v) is 3.91. The minimum atomic E-state index is -3.98. The maximum Gasteiger partial charge on any atom is 0.341 e. The Labute approximate surface area is 116 Å². The summed E-state index contributed by atoms with van der Waals surface area (Å²) in [7, 11) is 0. The third-order valence-electron chi connectivity index (χ3n) is 2.81. The maximum absolute atomic E-state index is 11.4. The van der Waals surface area contributed by atoms with Crippen molar-refractivity contribution >= 4 is 31.7 Å². The van der Waals surface area contributed by atoms with Crippen molar-refractivity contribution in [3.8, 4) is 0 Å². The first-order chi connectivity index (χ1) is 8.73. The van der Waals surface area contributed by atoms with E-state index in [0.717, 1.165) is 0 Å². The smallest absolute Gasteiger partial charge is 0.341 e. The molecule has 6 nitrogen and oxygen atoms in total. The minimum absolute atomic E-state index is 0.0860. The summed E-state index contributed by atoms with van der Waals surface area (Å²) < 4.78 is 22.7. The topological polar surface area (TPSA) is 109 Å². The van der Waals surface area contributed by atoms with Crippen molar-refractivity contribution < 1.29 is 25.9 Å². The molecule has 0 amide bonds. The number of carboxylic acid groups (broad SMARTS) is 2. The molecule has 0 radical (unpaired) electrons. The van der Waals surface area contributed by atoms with E-state index in [1.807, 2.05) is 0 Å². The molecule has 0 unspecified atom stereocenters. The van der Waals surface area contributed by atoms with Crippen molar-refractivity contribution in [2.75, 3.05) is 0 Å². The van der Waals surface area contributed by atoms with Gasteiger partial charge in [0.2, 0.25) is 0 Å². The fourth-order valence-electron chi connectivity index (χ4n) is 1.87. The van der Waals surface area contributed by atoms with E-state index in [2.05, 4.69) is 0 Å². The molecular formula is C12H13IO6. The number of carboxylic acids is 2. The van der Waals surface area contributed by atoms with Gasteiger partial charge in [-0.3, -0.25) is 9.59 Å². The fraction of sp³-hybridized carbons (Fsp3) is 0.333. The van der Waals surface area contributed by atoms with Crippen LogP contribution in [0.15, 0.2) is 6.07 Å². The summed E-state index contributed by atoms with van der Waals surface area (Å²) in [6.45, 7) is 3.34. The zero-order valence-electron chi connectivity index (χ0n) is 10.4. The molecule has 0 aliphatic heterocycles. The average molecular weight is 380 g/mol. The Bertz CT molecular complexity index is 607. The van der Waals surface area contributed by atoms with Gasteiger partial charge in [-0.1, -0.05) is 6.07 Å². The Morgan fingerprint density at radius 2 is 1.63 bits per heavy atom. The first kappa shape index (κ1) is 15.5. The number of benzene rings is 1. The Morgan fingerprint density at radius 3 is 2.05 bits per heavy atom. The molecule has 104 valence electrons. The van der Waals surface area contributed by atoms with Gasteiger partial charge in [-0.15, -0.1) is 0 Å². The molecule has 0 bridgehead atoms. The predicted molar refractivity (Wildman–Crippen MR) is 72.7 cm³/mol. The lowest BCUT2D eigenvalue weighted by atomic mass is 9.96. The van der Waals surface area contributed by atoms with Gasteiger partial charge < -0.3 is 10.2 Å². The van der Waals surface area contributed by atoms with Gasteiger partial charge in [0.15, 0.2) is 0 Å². The standard InChI is InChI=1S/C12H13IO6/c1-6-3-8(4-10(14)15)12(13(18)19)9(7(6)2)5-11(16)17/h3H,4-5H2,1-2H3,(H,14,15)(H,16,17). The molecule has 0 aliphatic carbocycles. The number of aliphatic carboxylic acids is 2. The van der Waals surface area contributed by atoms with Crippen molar-refractivity contribution in [1.82, 2.24) is 0 Å². The summed E-state index contributed by atoms with van der Waals surface area (Å²) in [4.78, 5) is 21.6. The van der Waals surface area contributed by atoms with E-state index in [4.69, 9.17) is 10.2 Å². The van der Waals surface area contributed by atoms with Gasteiger partial charge in [0.1, 0.15) is 0 Å². The van der Waals surface area contributed by atoms with Crippen LogP contribution in [0.5, 0.6) is 0 Å². The van der Waals surface area contributed by atoms with E-state index < -0.39 is 44.6 Å². The highest BCUT2D eigenvalue weighted by Crippen LogP contribution is 2.31. The van der Waals surface area contributed by atoms with Crippen LogP contribution < -0.4 is 0 Å². The second kappa shape index (κ2) is 6.09. The van der Waals surface area contributed by atoms with E-state index in [0.29, 0.717) is 11.1 Å². The SMILES string of the molecule is Cc1cc(CC(=O)O)c(I(=O)=O)c(CC(=O)O)c1C. The van der Waals surface area contributed by atoms with Crippen molar-refractivity contribution in [1.29, 1.82) is 0 Å². The molecule has 1 rings (SSSR count). The molecule has 0 saturated carbocycles. The highest BCUT2D eigenvalue weighted by Gasteiger charge is 2.21. The van der Waals surface area contributed by atoms with E-state index in [1.54, 1.807) is 13.8 Å². The van der Waals surface area contributed by atoms with Gasteiger partial charge in [-0.2, -0.15) is 0 Å². The lowest BCUT2D eigenvalue weighted by Gasteiger charge is -2.13. The van der Waals surface area contributed by atoms with Gasteiger partial charge in [0.05, 0.1) is 16.4 Å². The molecule has 0 fully saturated rings. The van der Waals surface area contributed by atoms with Crippen molar-refractivity contribution in [2.45, 2.75) is 26.7 Å². The number of carbonyl (C=O) groups is 2. The molecule has 2 N–H and O–H groups in total. The van der Waals surface area contributed by atoms with Gasteiger partial charge in [-0.25, -0.2) is 6.14 Å². The molecule has 1 aromatic rings. The van der Waals surface area contributed by atoms with Gasteiger partial charge in [-0.05, 0) is 36.1 Å². The van der Waals surface area contributed by atoms with Gasteiger partial charge in [0, 0.05) is 0 Å². The van der Waals surface area contributed by atoms with Crippen LogP contribution in [0.25, 0.3) is 0 Å². The number of rotatable bonds is 5. The molecule has 0 aliphatic rings. The van der Waals surface area contributed by atoms with Crippen molar-refractivity contribution in [2.24, 2.45) is 0 Å². The molecule has 7 heteroatoms. The van der Waals surface area contributed by atoms with Crippen LogP contribution in [0.3, 0.4) is 0 Å². The lowest BCUT2D eigenvalue weighted by molar-refractivity contribution is -0.137. The van der Waals surface area contributed by atoms with Crippen LogP contribution in [0.1, 0.15) is 22.3 Å². The minimum Gasteiger partial charge on any atom is -0.481 e. The summed E-state index contributed by atoms with van der Waals surface area (Å²) in [6, 6.07) is 1.50. The normalized spacial score (nSPS) is 10.7. The van der Waals surface area contributed by atoms with Crippen molar-refractivity contribution in [3.05, 3.63) is 31.9 Å². The average Bonchev–Trinajstić information content (AvgIpc) is 2.23. The van der Waals surface area contributed by atoms with Crippen LogP contribution in [-0.4, -0.2) is 22.2 Å². The molecule has 19 heavy (non-hydrogen) atoms. The zero-order valence-corrected chi connectivity index (χ0v) is 12.6. The first-order valence-electron chi connectivity index (χ1n) is 5.34. The van der Waals surface area contributed by atoms with E-state index in [-0.39, 0.29) is 14.7 Å². The van der Waals surface area contributed by atoms with Crippen LogP contribution in [0.4, 0.5) is 0 Å². The van der Waals surface area contributed by atoms with Crippen molar-refractivity contribution in [3.63, 3.8) is 0 Å². The Balaban J connectivity index is 3.61. The molecular weight excluding hydrogens is 367 g/mol. The number of halogens is 1. The molecule has 0 heterocycles. The predicted octanol–water partition coefficient (Wildman–Crippen LogP) is 1.92. The Kier molecular flexibility index (Phi) is 4.98. The summed E-state index contributed by atoms with van der Waals surface area (Å²) in [5, 5.41) is 17.7. The Morgan fingerprint density at radius 1 is 1.11 bits per heavy atom. The molecule has 0 saturated heterocycles. The van der Waals surface area contributed by atoms with Crippen LogP contribution in [0.2, 0.25) is 0 Å². The molecule has 0 aromatic heterocycles. The van der Waals surface area contributed by atoms with E-state index in [9.17, 15) is 15.7 Å². The molecule has 1 aromatic carbocycles. The Hall–Kier alpha value is -1.51. The van der Waals surface area contributed by atoms with Gasteiger partial charge in [0.25, 0.3) is 0 Å². The second-order valence-electron chi connectivity index (χ2n) is 4.13. The molecule has 0 spiro atoms. The number of aryl methyl sites for hydroxylation is 1. The number of hydrogen-bond donors (Lipinski definition) is 2. The lowest BCUT2D eigenvalue weighted by Crippen LogP contribution is -2.11. The van der Waals surface area contributed by atoms with Crippen LogP contribution in [0, 0.1) is 17.4 Å². The molecule has 0 atom stereocenters. The third kappa shape index (κ3) is 3.72. The monoisotopic (exact) mass is 380 g/mol. The third-order valence-corrected chi connectivity index (χ3v) is 5.03. The van der Waals surface area contributed by atoms with Crippen LogP contribution in [-0.2, 0) is 28.6 Å². The van der Waals surface area contributed by atoms with Gasteiger partial charge >= 0.3 is 31.7 Å². The summed E-state index contributed by atoms with van der Waals surface area (Å²) in [5.74, 6) is -2.29. The summed E-state index contributed by atoms with van der Waals surface area (Å²) in [5.41, 5.74) is 1.65. The second-order valence-corrected chi connectivity index (χ2v) is 6.45. The highest BCUT2D eigenvalue weighted by atomic mass is 127. The maximum atomic E-state index is 11.4. The largest absolute Gasteiger partial charge is 0.481 e. The summed E-state index contributed by atoms with van der Waals surface area (Å²) >= 11 is -3.98. The quantitative estimate of drug-likeness (QED) is 0.756.